The highest BCUT2D eigenvalue weighted by molar-refractivity contribution is 6.40. The van der Waals surface area contributed by atoms with Crippen LogP contribution in [0.5, 0.6) is 0 Å². The third-order valence-electron chi connectivity index (χ3n) is 3.47. The zero-order valence-corrected chi connectivity index (χ0v) is 15.1. The van der Waals surface area contributed by atoms with Crippen molar-refractivity contribution in [1.82, 2.24) is 5.32 Å². The van der Waals surface area contributed by atoms with E-state index in [9.17, 15) is 4.79 Å². The summed E-state index contributed by atoms with van der Waals surface area (Å²) in [5, 5.41) is 7.42. The second kappa shape index (κ2) is 8.02. The summed E-state index contributed by atoms with van der Waals surface area (Å²) >= 11 is 18.2. The predicted molar refractivity (Wildman–Crippen MR) is 97.7 cm³/mol. The average molecular weight is 372 g/mol. The minimum Gasteiger partial charge on any atom is -0.322 e. The van der Waals surface area contributed by atoms with Gasteiger partial charge in [-0.3, -0.25) is 4.79 Å². The molecule has 0 heterocycles. The highest BCUT2D eigenvalue weighted by atomic mass is 35.5. The van der Waals surface area contributed by atoms with E-state index in [1.807, 2.05) is 38.1 Å². The molecule has 3 nitrogen and oxygen atoms in total. The van der Waals surface area contributed by atoms with Crippen LogP contribution in [0, 0.1) is 6.92 Å². The topological polar surface area (TPSA) is 41.1 Å². The number of carbonyl (C=O) groups excluding carboxylic acids is 1. The Morgan fingerprint density at radius 3 is 2.61 bits per heavy atom. The minimum atomic E-state index is -0.215. The maximum Gasteiger partial charge on any atom is 0.238 e. The molecule has 2 aromatic rings. The summed E-state index contributed by atoms with van der Waals surface area (Å²) in [5.41, 5.74) is 2.30. The van der Waals surface area contributed by atoms with E-state index in [-0.39, 0.29) is 18.5 Å². The molecule has 0 fully saturated rings. The van der Waals surface area contributed by atoms with Crippen LogP contribution in [0.1, 0.15) is 24.1 Å². The van der Waals surface area contributed by atoms with Gasteiger partial charge in [-0.05, 0) is 43.2 Å². The number of carbonyl (C=O) groups is 1. The Hall–Kier alpha value is -1.26. The Labute approximate surface area is 150 Å². The fraction of sp³-hybridized carbons (Fsp3) is 0.235. The van der Waals surface area contributed by atoms with Gasteiger partial charge in [-0.25, -0.2) is 0 Å². The zero-order chi connectivity index (χ0) is 17.0. The number of aryl methyl sites for hydroxylation is 1. The first kappa shape index (κ1) is 18.1. The van der Waals surface area contributed by atoms with Gasteiger partial charge in [0, 0.05) is 11.1 Å². The van der Waals surface area contributed by atoms with E-state index in [0.717, 1.165) is 11.1 Å². The molecule has 0 bridgehead atoms. The Balaban J connectivity index is 1.97. The minimum absolute atomic E-state index is 0.0112. The standard InChI is InChI=1S/C17H17Cl3N2O/c1-10-6-7-14(19)17(16(10)20)22-15(23)9-21-11(2)12-4-3-5-13(18)8-12/h3-8,11,21H,9H2,1-2H3,(H,22,23)/t11-/m1/s1. The Morgan fingerprint density at radius 1 is 1.17 bits per heavy atom. The van der Waals surface area contributed by atoms with Crippen molar-refractivity contribution in [1.29, 1.82) is 0 Å². The first-order valence-electron chi connectivity index (χ1n) is 7.11. The van der Waals surface area contributed by atoms with Crippen LogP contribution in [-0.4, -0.2) is 12.5 Å². The summed E-state index contributed by atoms with van der Waals surface area (Å²) < 4.78 is 0. The van der Waals surface area contributed by atoms with Crippen molar-refractivity contribution in [2.24, 2.45) is 0 Å². The summed E-state index contributed by atoms with van der Waals surface area (Å²) in [4.78, 5) is 12.1. The average Bonchev–Trinajstić information content (AvgIpc) is 2.53. The smallest absolute Gasteiger partial charge is 0.238 e. The van der Waals surface area contributed by atoms with E-state index in [2.05, 4.69) is 10.6 Å². The lowest BCUT2D eigenvalue weighted by Gasteiger charge is -2.15. The van der Waals surface area contributed by atoms with Gasteiger partial charge < -0.3 is 10.6 Å². The molecule has 2 aromatic carbocycles. The van der Waals surface area contributed by atoms with Crippen LogP contribution in [0.2, 0.25) is 15.1 Å². The number of hydrogen-bond donors (Lipinski definition) is 2. The maximum absolute atomic E-state index is 12.1. The molecule has 23 heavy (non-hydrogen) atoms. The van der Waals surface area contributed by atoms with E-state index in [0.29, 0.717) is 20.8 Å². The molecule has 1 atom stereocenters. The van der Waals surface area contributed by atoms with Crippen LogP contribution < -0.4 is 10.6 Å². The van der Waals surface area contributed by atoms with Gasteiger partial charge in [-0.1, -0.05) is 53.0 Å². The molecule has 0 saturated heterocycles. The Bertz CT molecular complexity index is 719. The molecule has 0 aliphatic rings. The molecule has 0 aliphatic heterocycles. The van der Waals surface area contributed by atoms with Crippen molar-refractivity contribution in [3.05, 3.63) is 62.6 Å². The van der Waals surface area contributed by atoms with Crippen LogP contribution in [0.4, 0.5) is 5.69 Å². The number of amides is 1. The van der Waals surface area contributed by atoms with E-state index in [1.165, 1.54) is 0 Å². The van der Waals surface area contributed by atoms with Crippen molar-refractivity contribution in [2.45, 2.75) is 19.9 Å². The van der Waals surface area contributed by atoms with E-state index in [4.69, 9.17) is 34.8 Å². The van der Waals surface area contributed by atoms with E-state index >= 15 is 0 Å². The summed E-state index contributed by atoms with van der Waals surface area (Å²) in [7, 11) is 0. The monoisotopic (exact) mass is 370 g/mol. The number of hydrogen-bond acceptors (Lipinski definition) is 2. The normalized spacial score (nSPS) is 12.0. The van der Waals surface area contributed by atoms with Gasteiger partial charge in [0.25, 0.3) is 0 Å². The number of benzene rings is 2. The summed E-state index contributed by atoms with van der Waals surface area (Å²) in [5.74, 6) is -0.215. The number of halogens is 3. The van der Waals surface area contributed by atoms with Crippen molar-refractivity contribution in [2.75, 3.05) is 11.9 Å². The second-order valence-corrected chi connectivity index (χ2v) is 6.48. The molecular weight excluding hydrogens is 355 g/mol. The largest absolute Gasteiger partial charge is 0.322 e. The quantitative estimate of drug-likeness (QED) is 0.754. The second-order valence-electron chi connectivity index (χ2n) is 5.26. The van der Waals surface area contributed by atoms with Crippen molar-refractivity contribution in [3.8, 4) is 0 Å². The third-order valence-corrected chi connectivity index (χ3v) is 4.50. The van der Waals surface area contributed by atoms with Gasteiger partial charge >= 0.3 is 0 Å². The Kier molecular flexibility index (Phi) is 6.31. The summed E-state index contributed by atoms with van der Waals surface area (Å²) in [6.45, 7) is 3.95. The molecule has 0 aromatic heterocycles. The van der Waals surface area contributed by atoms with E-state index in [1.54, 1.807) is 12.1 Å². The van der Waals surface area contributed by atoms with Gasteiger partial charge in [-0.2, -0.15) is 0 Å². The predicted octanol–water partition coefficient (Wildman–Crippen LogP) is 5.24. The highest BCUT2D eigenvalue weighted by Gasteiger charge is 2.13. The molecule has 2 N–H and O–H groups in total. The van der Waals surface area contributed by atoms with Crippen LogP contribution in [0.3, 0.4) is 0 Å². The number of anilines is 1. The fourth-order valence-electron chi connectivity index (χ4n) is 2.09. The molecular formula is C17H17Cl3N2O. The zero-order valence-electron chi connectivity index (χ0n) is 12.8. The fourth-order valence-corrected chi connectivity index (χ4v) is 2.76. The SMILES string of the molecule is Cc1ccc(Cl)c(NC(=O)CN[C@H](C)c2cccc(Cl)c2)c1Cl. The molecule has 6 heteroatoms. The van der Waals surface area contributed by atoms with Crippen LogP contribution >= 0.6 is 34.8 Å². The molecule has 0 spiro atoms. The van der Waals surface area contributed by atoms with Gasteiger partial charge in [0.05, 0.1) is 22.3 Å². The van der Waals surface area contributed by atoms with Crippen LogP contribution in [0.15, 0.2) is 36.4 Å². The van der Waals surface area contributed by atoms with Crippen molar-refractivity contribution >= 4 is 46.4 Å². The lowest BCUT2D eigenvalue weighted by atomic mass is 10.1. The van der Waals surface area contributed by atoms with E-state index < -0.39 is 0 Å². The molecule has 0 saturated carbocycles. The van der Waals surface area contributed by atoms with Gasteiger partial charge in [0.15, 0.2) is 0 Å². The Morgan fingerprint density at radius 2 is 1.91 bits per heavy atom. The van der Waals surface area contributed by atoms with Crippen LogP contribution in [0.25, 0.3) is 0 Å². The summed E-state index contributed by atoms with van der Waals surface area (Å²) in [6, 6.07) is 11.0. The van der Waals surface area contributed by atoms with Crippen molar-refractivity contribution < 1.29 is 4.79 Å². The molecule has 122 valence electrons. The van der Waals surface area contributed by atoms with Crippen molar-refractivity contribution in [3.63, 3.8) is 0 Å². The number of rotatable bonds is 5. The molecule has 2 rings (SSSR count). The van der Waals surface area contributed by atoms with Gasteiger partial charge in [0.1, 0.15) is 0 Å². The van der Waals surface area contributed by atoms with Crippen LogP contribution in [-0.2, 0) is 4.79 Å². The lowest BCUT2D eigenvalue weighted by molar-refractivity contribution is -0.115. The molecule has 0 aliphatic carbocycles. The molecule has 0 radical (unpaired) electrons. The first-order chi connectivity index (χ1) is 10.9. The maximum atomic E-state index is 12.1. The third kappa shape index (κ3) is 4.85. The van der Waals surface area contributed by atoms with Gasteiger partial charge in [-0.15, -0.1) is 0 Å². The first-order valence-corrected chi connectivity index (χ1v) is 8.25. The highest BCUT2D eigenvalue weighted by Crippen LogP contribution is 2.32. The summed E-state index contributed by atoms with van der Waals surface area (Å²) in [6.07, 6.45) is 0. The number of nitrogens with one attached hydrogen (secondary N) is 2. The lowest BCUT2D eigenvalue weighted by Crippen LogP contribution is -2.30. The molecule has 0 unspecified atom stereocenters. The molecule has 1 amide bonds. The van der Waals surface area contributed by atoms with Gasteiger partial charge in [0.2, 0.25) is 5.91 Å².